The van der Waals surface area contributed by atoms with Gasteiger partial charge in [0, 0.05) is 16.1 Å². The summed E-state index contributed by atoms with van der Waals surface area (Å²) in [6, 6.07) is 13.7. The van der Waals surface area contributed by atoms with E-state index in [4.69, 9.17) is 16.0 Å². The molecule has 0 atom stereocenters. The molecule has 0 unspecified atom stereocenters. The highest BCUT2D eigenvalue weighted by molar-refractivity contribution is 6.31. The van der Waals surface area contributed by atoms with Gasteiger partial charge in [-0.25, -0.2) is 4.79 Å². The molecular formula is C17H12ClNO3. The molecule has 2 aromatic carbocycles. The lowest BCUT2D eigenvalue weighted by molar-refractivity contribution is 0.102. The fourth-order valence-electron chi connectivity index (χ4n) is 2.21. The monoisotopic (exact) mass is 313 g/mol. The van der Waals surface area contributed by atoms with Gasteiger partial charge in [-0.3, -0.25) is 4.79 Å². The first-order valence-electron chi connectivity index (χ1n) is 6.65. The van der Waals surface area contributed by atoms with Gasteiger partial charge in [0.2, 0.25) is 0 Å². The fraction of sp³-hybridized carbons (Fsp3) is 0.0588. The number of carbonyl (C=O) groups is 1. The maximum absolute atomic E-state index is 12.3. The molecule has 22 heavy (non-hydrogen) atoms. The summed E-state index contributed by atoms with van der Waals surface area (Å²) in [5.41, 5.74) is 1.14. The van der Waals surface area contributed by atoms with Gasteiger partial charge in [0.05, 0.1) is 0 Å². The number of rotatable bonds is 2. The van der Waals surface area contributed by atoms with Crippen LogP contribution in [0.25, 0.3) is 11.0 Å². The summed E-state index contributed by atoms with van der Waals surface area (Å²) >= 11 is 5.87. The van der Waals surface area contributed by atoms with Crippen molar-refractivity contribution in [3.05, 3.63) is 75.1 Å². The van der Waals surface area contributed by atoms with Crippen LogP contribution in [-0.4, -0.2) is 5.91 Å². The van der Waals surface area contributed by atoms with Crippen molar-refractivity contribution in [1.29, 1.82) is 0 Å². The van der Waals surface area contributed by atoms with Gasteiger partial charge in [0.1, 0.15) is 11.1 Å². The summed E-state index contributed by atoms with van der Waals surface area (Å²) in [7, 11) is 0. The SMILES string of the molecule is Cc1cccc2cc(C(=O)Nc3cccc(Cl)c3)c(=O)oc12. The van der Waals surface area contributed by atoms with Gasteiger partial charge in [0.15, 0.2) is 0 Å². The normalized spacial score (nSPS) is 10.6. The van der Waals surface area contributed by atoms with Gasteiger partial charge >= 0.3 is 5.63 Å². The van der Waals surface area contributed by atoms with Gasteiger partial charge in [-0.15, -0.1) is 0 Å². The second-order valence-corrected chi connectivity index (χ2v) is 5.34. The third-order valence-corrected chi connectivity index (χ3v) is 3.52. The molecule has 0 fully saturated rings. The zero-order valence-electron chi connectivity index (χ0n) is 11.7. The highest BCUT2D eigenvalue weighted by Gasteiger charge is 2.14. The maximum atomic E-state index is 12.3. The minimum atomic E-state index is -0.665. The molecule has 0 saturated carbocycles. The summed E-state index contributed by atoms with van der Waals surface area (Å²) in [4.78, 5) is 24.3. The highest BCUT2D eigenvalue weighted by atomic mass is 35.5. The summed E-state index contributed by atoms with van der Waals surface area (Å²) in [6.07, 6.45) is 0. The van der Waals surface area contributed by atoms with Crippen LogP contribution in [0, 0.1) is 6.92 Å². The number of para-hydroxylation sites is 1. The quantitative estimate of drug-likeness (QED) is 0.727. The standard InChI is InChI=1S/C17H12ClNO3/c1-10-4-2-5-11-8-14(17(21)22-15(10)11)16(20)19-13-7-3-6-12(18)9-13/h2-9H,1H3,(H,19,20). The topological polar surface area (TPSA) is 59.3 Å². The van der Waals surface area contributed by atoms with Crippen LogP contribution in [-0.2, 0) is 0 Å². The molecule has 1 amide bonds. The molecule has 0 radical (unpaired) electrons. The van der Waals surface area contributed by atoms with Crippen molar-refractivity contribution >= 4 is 34.2 Å². The van der Waals surface area contributed by atoms with E-state index in [1.165, 1.54) is 6.07 Å². The number of amides is 1. The predicted molar refractivity (Wildman–Crippen MR) is 86.6 cm³/mol. The molecular weight excluding hydrogens is 302 g/mol. The Morgan fingerprint density at radius 3 is 2.68 bits per heavy atom. The zero-order valence-corrected chi connectivity index (χ0v) is 12.5. The van der Waals surface area contributed by atoms with E-state index in [9.17, 15) is 9.59 Å². The molecule has 5 heteroatoms. The smallest absolute Gasteiger partial charge is 0.349 e. The van der Waals surface area contributed by atoms with Gasteiger partial charge < -0.3 is 9.73 Å². The predicted octanol–water partition coefficient (Wildman–Crippen LogP) is 4.01. The van der Waals surface area contributed by atoms with Crippen molar-refractivity contribution in [2.45, 2.75) is 6.92 Å². The van der Waals surface area contributed by atoms with E-state index in [1.807, 2.05) is 19.1 Å². The minimum Gasteiger partial charge on any atom is -0.422 e. The molecule has 3 rings (SSSR count). The number of anilines is 1. The van der Waals surface area contributed by atoms with E-state index in [1.54, 1.807) is 30.3 Å². The van der Waals surface area contributed by atoms with Crippen LogP contribution in [0.4, 0.5) is 5.69 Å². The van der Waals surface area contributed by atoms with Crippen molar-refractivity contribution < 1.29 is 9.21 Å². The zero-order chi connectivity index (χ0) is 15.7. The number of halogens is 1. The van der Waals surface area contributed by atoms with E-state index < -0.39 is 11.5 Å². The Morgan fingerprint density at radius 2 is 1.91 bits per heavy atom. The van der Waals surface area contributed by atoms with Crippen LogP contribution >= 0.6 is 11.6 Å². The third-order valence-electron chi connectivity index (χ3n) is 3.28. The van der Waals surface area contributed by atoms with Crippen molar-refractivity contribution in [2.75, 3.05) is 5.32 Å². The second-order valence-electron chi connectivity index (χ2n) is 4.91. The Bertz CT molecular complexity index is 931. The summed E-state index contributed by atoms with van der Waals surface area (Å²) in [5, 5.41) is 3.84. The minimum absolute atomic E-state index is 0.0434. The molecule has 0 spiro atoms. The van der Waals surface area contributed by atoms with E-state index >= 15 is 0 Å². The second kappa shape index (κ2) is 5.66. The van der Waals surface area contributed by atoms with Crippen molar-refractivity contribution in [1.82, 2.24) is 0 Å². The molecule has 110 valence electrons. The molecule has 1 aromatic heterocycles. The Kier molecular flexibility index (Phi) is 3.69. The van der Waals surface area contributed by atoms with Crippen LogP contribution in [0.3, 0.4) is 0 Å². The van der Waals surface area contributed by atoms with Gasteiger partial charge in [-0.2, -0.15) is 0 Å². The molecule has 1 N–H and O–H groups in total. The summed E-state index contributed by atoms with van der Waals surface area (Å²) < 4.78 is 5.26. The number of nitrogens with one attached hydrogen (secondary N) is 1. The van der Waals surface area contributed by atoms with Crippen LogP contribution in [0.1, 0.15) is 15.9 Å². The lowest BCUT2D eigenvalue weighted by Gasteiger charge is -2.06. The molecule has 0 aliphatic rings. The van der Waals surface area contributed by atoms with E-state index in [2.05, 4.69) is 5.32 Å². The molecule has 0 saturated heterocycles. The molecule has 3 aromatic rings. The first kappa shape index (κ1) is 14.4. The number of carbonyl (C=O) groups excluding carboxylic acids is 1. The fourth-order valence-corrected chi connectivity index (χ4v) is 2.40. The van der Waals surface area contributed by atoms with Crippen LogP contribution in [0.15, 0.2) is 57.7 Å². The molecule has 0 aliphatic carbocycles. The first-order valence-corrected chi connectivity index (χ1v) is 7.03. The lowest BCUT2D eigenvalue weighted by Crippen LogP contribution is -2.20. The number of hydrogen-bond acceptors (Lipinski definition) is 3. The Hall–Kier alpha value is -2.59. The lowest BCUT2D eigenvalue weighted by atomic mass is 10.1. The van der Waals surface area contributed by atoms with Crippen LogP contribution in [0.2, 0.25) is 5.02 Å². The molecule has 4 nitrogen and oxygen atoms in total. The summed E-state index contributed by atoms with van der Waals surface area (Å²) in [5.74, 6) is -0.528. The van der Waals surface area contributed by atoms with Crippen LogP contribution < -0.4 is 10.9 Å². The van der Waals surface area contributed by atoms with Crippen molar-refractivity contribution in [3.63, 3.8) is 0 Å². The van der Waals surface area contributed by atoms with E-state index in [0.717, 1.165) is 5.56 Å². The Morgan fingerprint density at radius 1 is 1.14 bits per heavy atom. The molecule has 0 aliphatic heterocycles. The van der Waals surface area contributed by atoms with Crippen molar-refractivity contribution in [3.8, 4) is 0 Å². The Labute approximate surface area is 131 Å². The van der Waals surface area contributed by atoms with E-state index in [-0.39, 0.29) is 5.56 Å². The number of benzene rings is 2. The molecule has 1 heterocycles. The number of fused-ring (bicyclic) bond motifs is 1. The largest absolute Gasteiger partial charge is 0.422 e. The van der Waals surface area contributed by atoms with Crippen LogP contribution in [0.5, 0.6) is 0 Å². The van der Waals surface area contributed by atoms with Gasteiger partial charge in [0.25, 0.3) is 5.91 Å². The molecule has 0 bridgehead atoms. The van der Waals surface area contributed by atoms with Crippen molar-refractivity contribution in [2.24, 2.45) is 0 Å². The average Bonchev–Trinajstić information content (AvgIpc) is 2.47. The van der Waals surface area contributed by atoms with Gasteiger partial charge in [-0.1, -0.05) is 35.9 Å². The highest BCUT2D eigenvalue weighted by Crippen LogP contribution is 2.19. The number of aryl methyl sites for hydroxylation is 1. The summed E-state index contributed by atoms with van der Waals surface area (Å²) in [6.45, 7) is 1.84. The van der Waals surface area contributed by atoms with Gasteiger partial charge in [-0.05, 0) is 36.8 Å². The Balaban J connectivity index is 2.01. The maximum Gasteiger partial charge on any atom is 0.349 e. The first-order chi connectivity index (χ1) is 10.5. The third kappa shape index (κ3) is 2.73. The average molecular weight is 314 g/mol. The van der Waals surface area contributed by atoms with E-state index in [0.29, 0.717) is 21.7 Å². The number of hydrogen-bond donors (Lipinski definition) is 1.